The number of nitro groups is 1. The average Bonchev–Trinajstić information content (AvgIpc) is 3.15. The summed E-state index contributed by atoms with van der Waals surface area (Å²) in [5.74, 6) is 0.569. The van der Waals surface area contributed by atoms with Crippen LogP contribution in [0.5, 0.6) is 5.75 Å². The Kier molecular flexibility index (Phi) is 3.97. The van der Waals surface area contributed by atoms with E-state index in [1.807, 2.05) is 0 Å². The maximum absolute atomic E-state index is 11.9. The van der Waals surface area contributed by atoms with Crippen LogP contribution in [0.1, 0.15) is 5.76 Å². The molecule has 0 spiro atoms. The van der Waals surface area contributed by atoms with Crippen molar-refractivity contribution in [3.8, 4) is 17.1 Å². The molecule has 0 aliphatic carbocycles. The van der Waals surface area contributed by atoms with E-state index in [-0.39, 0.29) is 11.4 Å². The molecule has 2 heterocycles. The number of amides is 3. The molecule has 1 aliphatic heterocycles. The van der Waals surface area contributed by atoms with E-state index in [4.69, 9.17) is 9.15 Å². The van der Waals surface area contributed by atoms with Gasteiger partial charge in [-0.2, -0.15) is 0 Å². The van der Waals surface area contributed by atoms with Gasteiger partial charge in [-0.3, -0.25) is 19.8 Å². The van der Waals surface area contributed by atoms with E-state index < -0.39 is 16.9 Å². The minimum Gasteiger partial charge on any atom is -0.496 e. The molecule has 0 radical (unpaired) electrons. The number of rotatable bonds is 4. The smallest absolute Gasteiger partial charge is 0.328 e. The highest BCUT2D eigenvalue weighted by Gasteiger charge is 2.30. The molecule has 9 nitrogen and oxygen atoms in total. The Labute approximate surface area is 141 Å². The fourth-order valence-corrected chi connectivity index (χ4v) is 2.34. The van der Waals surface area contributed by atoms with Gasteiger partial charge >= 0.3 is 6.03 Å². The zero-order valence-electron chi connectivity index (χ0n) is 13.3. The highest BCUT2D eigenvalue weighted by Crippen LogP contribution is 2.34. The second-order valence-electron chi connectivity index (χ2n) is 5.20. The molecular weight excluding hydrogens is 330 g/mol. The fourth-order valence-electron chi connectivity index (χ4n) is 2.34. The summed E-state index contributed by atoms with van der Waals surface area (Å²) in [5, 5.41) is 13.4. The number of carbonyl (C=O) groups excluding carboxylic acids is 2. The second-order valence-corrected chi connectivity index (χ2v) is 5.20. The summed E-state index contributed by atoms with van der Waals surface area (Å²) >= 11 is 0. The predicted molar refractivity (Wildman–Crippen MR) is 86.6 cm³/mol. The molecule has 9 heteroatoms. The van der Waals surface area contributed by atoms with Crippen molar-refractivity contribution in [2.24, 2.45) is 0 Å². The third-order valence-electron chi connectivity index (χ3n) is 3.65. The molecule has 1 aromatic carbocycles. The number of methoxy groups -OCH3 is 1. The van der Waals surface area contributed by atoms with Crippen molar-refractivity contribution in [3.63, 3.8) is 0 Å². The van der Waals surface area contributed by atoms with E-state index in [1.165, 1.54) is 38.4 Å². The molecular formula is C16H13N3O6. The van der Waals surface area contributed by atoms with Crippen LogP contribution in [0.25, 0.3) is 17.4 Å². The van der Waals surface area contributed by atoms with E-state index in [0.29, 0.717) is 22.8 Å². The van der Waals surface area contributed by atoms with Gasteiger partial charge in [-0.05, 0) is 18.2 Å². The lowest BCUT2D eigenvalue weighted by Crippen LogP contribution is -2.25. The molecule has 1 N–H and O–H groups in total. The van der Waals surface area contributed by atoms with Gasteiger partial charge in [0.2, 0.25) is 0 Å². The Bertz CT molecular complexity index is 914. The van der Waals surface area contributed by atoms with Crippen LogP contribution in [0.15, 0.2) is 40.4 Å². The molecule has 2 aromatic rings. The van der Waals surface area contributed by atoms with E-state index in [9.17, 15) is 19.7 Å². The SMILES string of the molecule is COc1ccc([N+](=O)[O-])cc1-c1ccc(/C=C2/NC(=O)N(C)C2=O)o1. The number of imide groups is 1. The monoisotopic (exact) mass is 343 g/mol. The standard InChI is InChI=1S/C16H13N3O6/c1-18-15(20)12(17-16(18)21)8-10-4-6-14(25-10)11-7-9(19(22)23)3-5-13(11)24-2/h3-8H,1-2H3,(H,17,21)/b12-8+. The van der Waals surface area contributed by atoms with E-state index >= 15 is 0 Å². The van der Waals surface area contributed by atoms with Crippen molar-refractivity contribution >= 4 is 23.7 Å². The molecule has 3 amide bonds. The number of nitrogens with one attached hydrogen (secondary N) is 1. The molecule has 0 atom stereocenters. The predicted octanol–water partition coefficient (Wildman–Crippen LogP) is 2.39. The number of non-ortho nitro benzene ring substituents is 1. The quantitative estimate of drug-likeness (QED) is 0.394. The van der Waals surface area contributed by atoms with E-state index in [0.717, 1.165) is 4.90 Å². The first-order valence-corrected chi connectivity index (χ1v) is 7.14. The third kappa shape index (κ3) is 2.94. The summed E-state index contributed by atoms with van der Waals surface area (Å²) in [5.41, 5.74) is 0.381. The number of hydrogen-bond acceptors (Lipinski definition) is 6. The lowest BCUT2D eigenvalue weighted by atomic mass is 10.1. The molecule has 25 heavy (non-hydrogen) atoms. The summed E-state index contributed by atoms with van der Waals surface area (Å²) in [6, 6.07) is 6.80. The first kappa shape index (κ1) is 16.2. The van der Waals surface area contributed by atoms with Gasteiger partial charge in [-0.15, -0.1) is 0 Å². The van der Waals surface area contributed by atoms with Crippen LogP contribution < -0.4 is 10.1 Å². The van der Waals surface area contributed by atoms with Crippen LogP contribution in [0.2, 0.25) is 0 Å². The number of furan rings is 1. The first-order chi connectivity index (χ1) is 11.9. The van der Waals surface area contributed by atoms with Crippen LogP contribution in [0.3, 0.4) is 0 Å². The molecule has 0 bridgehead atoms. The van der Waals surface area contributed by atoms with Crippen molar-refractivity contribution in [2.75, 3.05) is 14.2 Å². The Balaban J connectivity index is 1.97. The summed E-state index contributed by atoms with van der Waals surface area (Å²) in [7, 11) is 2.80. The lowest BCUT2D eigenvalue weighted by Gasteiger charge is -2.05. The van der Waals surface area contributed by atoms with Crippen molar-refractivity contribution in [1.82, 2.24) is 10.2 Å². The van der Waals surface area contributed by atoms with Gasteiger partial charge in [0.25, 0.3) is 11.6 Å². The van der Waals surface area contributed by atoms with Crippen LogP contribution in [0, 0.1) is 10.1 Å². The van der Waals surface area contributed by atoms with Gasteiger partial charge in [0, 0.05) is 25.3 Å². The minimum absolute atomic E-state index is 0.0828. The van der Waals surface area contributed by atoms with Crippen molar-refractivity contribution < 1.29 is 23.7 Å². The number of urea groups is 1. The maximum Gasteiger partial charge on any atom is 0.328 e. The van der Waals surface area contributed by atoms with Crippen molar-refractivity contribution in [3.05, 3.63) is 51.9 Å². The topological polar surface area (TPSA) is 115 Å². The first-order valence-electron chi connectivity index (χ1n) is 7.14. The van der Waals surface area contributed by atoms with Crippen LogP contribution in [-0.4, -0.2) is 35.9 Å². The number of likely N-dealkylation sites (N-methyl/N-ethyl adjacent to an activating group) is 1. The van der Waals surface area contributed by atoms with Gasteiger partial charge in [-0.25, -0.2) is 4.79 Å². The number of carbonyl (C=O) groups is 2. The Hall–Kier alpha value is -3.62. The number of benzene rings is 1. The molecule has 1 fully saturated rings. The van der Waals surface area contributed by atoms with Gasteiger partial charge < -0.3 is 14.5 Å². The largest absolute Gasteiger partial charge is 0.496 e. The Morgan fingerprint density at radius 1 is 1.28 bits per heavy atom. The Morgan fingerprint density at radius 2 is 2.04 bits per heavy atom. The van der Waals surface area contributed by atoms with E-state index in [2.05, 4.69) is 5.32 Å². The molecule has 1 aliphatic rings. The number of nitro benzene ring substituents is 1. The van der Waals surface area contributed by atoms with E-state index in [1.54, 1.807) is 12.1 Å². The van der Waals surface area contributed by atoms with Crippen molar-refractivity contribution in [2.45, 2.75) is 0 Å². The molecule has 128 valence electrons. The number of nitrogens with zero attached hydrogens (tertiary/aromatic N) is 2. The Morgan fingerprint density at radius 3 is 2.64 bits per heavy atom. The highest BCUT2D eigenvalue weighted by molar-refractivity contribution is 6.13. The summed E-state index contributed by atoms with van der Waals surface area (Å²) in [4.78, 5) is 34.7. The highest BCUT2D eigenvalue weighted by atomic mass is 16.6. The average molecular weight is 343 g/mol. The van der Waals surface area contributed by atoms with Gasteiger partial charge in [0.05, 0.1) is 17.6 Å². The number of hydrogen-bond donors (Lipinski definition) is 1. The second kappa shape index (κ2) is 6.11. The normalized spacial score (nSPS) is 15.6. The minimum atomic E-state index is -0.525. The van der Waals surface area contributed by atoms with Gasteiger partial charge in [-0.1, -0.05) is 0 Å². The molecule has 3 rings (SSSR count). The van der Waals surface area contributed by atoms with Crippen LogP contribution >= 0.6 is 0 Å². The maximum atomic E-state index is 11.9. The molecule has 0 unspecified atom stereocenters. The third-order valence-corrected chi connectivity index (χ3v) is 3.65. The molecule has 1 aromatic heterocycles. The van der Waals surface area contributed by atoms with Crippen molar-refractivity contribution in [1.29, 1.82) is 0 Å². The zero-order chi connectivity index (χ0) is 18.1. The van der Waals surface area contributed by atoms with Crippen LogP contribution in [-0.2, 0) is 4.79 Å². The molecule has 0 saturated carbocycles. The van der Waals surface area contributed by atoms with Crippen LogP contribution in [0.4, 0.5) is 10.5 Å². The summed E-state index contributed by atoms with van der Waals surface area (Å²) in [6.45, 7) is 0. The number of ether oxygens (including phenoxy) is 1. The molecule has 1 saturated heterocycles. The summed E-state index contributed by atoms with van der Waals surface area (Å²) in [6.07, 6.45) is 1.39. The zero-order valence-corrected chi connectivity index (χ0v) is 13.3. The summed E-state index contributed by atoms with van der Waals surface area (Å²) < 4.78 is 10.8. The fraction of sp³-hybridized carbons (Fsp3) is 0.125. The lowest BCUT2D eigenvalue weighted by molar-refractivity contribution is -0.384. The van der Waals surface area contributed by atoms with Gasteiger partial charge in [0.1, 0.15) is 23.0 Å². The van der Waals surface area contributed by atoms with Gasteiger partial charge in [0.15, 0.2) is 0 Å².